The summed E-state index contributed by atoms with van der Waals surface area (Å²) in [6, 6.07) is 8.55. The van der Waals surface area contributed by atoms with Crippen LogP contribution >= 0.6 is 0 Å². The summed E-state index contributed by atoms with van der Waals surface area (Å²) >= 11 is 0. The summed E-state index contributed by atoms with van der Waals surface area (Å²) in [6.45, 7) is 4.36. The molecule has 0 spiro atoms. The predicted molar refractivity (Wildman–Crippen MR) is 63.3 cm³/mol. The van der Waals surface area contributed by atoms with E-state index in [-0.39, 0.29) is 0 Å². The Bertz CT molecular complexity index is 656. The summed E-state index contributed by atoms with van der Waals surface area (Å²) in [4.78, 5) is 0. The topological polar surface area (TPSA) is 9.34 Å². The van der Waals surface area contributed by atoms with E-state index in [1.807, 2.05) is 0 Å². The largest absolute Gasteiger partial charge is 0.346 e. The first kappa shape index (κ1) is 8.60. The molecule has 3 rings (SSSR count). The zero-order valence-corrected chi connectivity index (χ0v) is 9.28. The van der Waals surface area contributed by atoms with E-state index in [4.69, 9.17) is 0 Å². The second kappa shape index (κ2) is 2.66. The quantitative estimate of drug-likeness (QED) is 0.525. The molecule has 15 heavy (non-hydrogen) atoms. The summed E-state index contributed by atoms with van der Waals surface area (Å²) in [5.74, 6) is 0. The number of aryl methyl sites for hydroxylation is 2. The maximum absolute atomic E-state index is 2.26. The van der Waals surface area contributed by atoms with Crippen LogP contribution in [0.25, 0.3) is 16.6 Å². The molecule has 0 saturated heterocycles. The molecular formula is C13H14N2. The van der Waals surface area contributed by atoms with Gasteiger partial charge in [0.1, 0.15) is 0 Å². The number of rotatable bonds is 0. The van der Waals surface area contributed by atoms with E-state index >= 15 is 0 Å². The van der Waals surface area contributed by atoms with E-state index in [0.717, 1.165) is 0 Å². The van der Waals surface area contributed by atoms with Gasteiger partial charge in [0.2, 0.25) is 0 Å². The Hall–Kier alpha value is -1.70. The molecule has 3 aromatic heterocycles. The molecule has 2 nitrogen and oxygen atoms in total. The van der Waals surface area contributed by atoms with Gasteiger partial charge in [-0.25, -0.2) is 0 Å². The molecule has 0 aliphatic heterocycles. The normalized spacial score (nSPS) is 11.7. The Labute approximate surface area is 88.7 Å². The molecule has 0 bridgehead atoms. The zero-order valence-electron chi connectivity index (χ0n) is 9.28. The third-order valence-corrected chi connectivity index (χ3v) is 3.42. The van der Waals surface area contributed by atoms with Crippen molar-refractivity contribution in [2.24, 2.45) is 7.05 Å². The summed E-state index contributed by atoms with van der Waals surface area (Å²) in [5, 5.41) is 0. The standard InChI is InChI=1S/C13H14N2/c1-9-10(2)14(3)12-8-11-6-4-5-7-15(11)13(9)12/h4-8H,1-3H3. The van der Waals surface area contributed by atoms with Crippen molar-refractivity contribution < 1.29 is 0 Å². The lowest BCUT2D eigenvalue weighted by Crippen LogP contribution is -1.89. The number of aromatic nitrogens is 2. The van der Waals surface area contributed by atoms with Gasteiger partial charge in [0, 0.05) is 24.5 Å². The number of pyridine rings is 1. The lowest BCUT2D eigenvalue weighted by molar-refractivity contribution is 0.911. The highest BCUT2D eigenvalue weighted by Crippen LogP contribution is 2.27. The molecule has 0 N–H and O–H groups in total. The van der Waals surface area contributed by atoms with Crippen molar-refractivity contribution in [3.05, 3.63) is 41.7 Å². The fourth-order valence-electron chi connectivity index (χ4n) is 2.34. The second-order valence-electron chi connectivity index (χ2n) is 4.14. The van der Waals surface area contributed by atoms with Gasteiger partial charge in [0.15, 0.2) is 0 Å². The molecule has 0 saturated carbocycles. The molecule has 0 amide bonds. The van der Waals surface area contributed by atoms with Gasteiger partial charge in [-0.2, -0.15) is 0 Å². The van der Waals surface area contributed by atoms with Gasteiger partial charge in [-0.05, 0) is 37.6 Å². The molecule has 3 heterocycles. The van der Waals surface area contributed by atoms with Crippen LogP contribution in [0.1, 0.15) is 11.3 Å². The minimum absolute atomic E-state index is 1.27. The molecule has 2 heteroatoms. The average molecular weight is 198 g/mol. The minimum atomic E-state index is 1.27. The first-order valence-electron chi connectivity index (χ1n) is 5.22. The number of hydrogen-bond donors (Lipinski definition) is 0. The first-order chi connectivity index (χ1) is 7.20. The maximum Gasteiger partial charge on any atom is 0.0741 e. The molecule has 0 aromatic carbocycles. The molecule has 0 aliphatic rings. The van der Waals surface area contributed by atoms with Crippen molar-refractivity contribution in [2.75, 3.05) is 0 Å². The first-order valence-corrected chi connectivity index (χ1v) is 5.22. The lowest BCUT2D eigenvalue weighted by Gasteiger charge is -1.98. The molecule has 3 aromatic rings. The third kappa shape index (κ3) is 0.938. The highest BCUT2D eigenvalue weighted by molar-refractivity contribution is 5.88. The van der Waals surface area contributed by atoms with Crippen molar-refractivity contribution in [1.82, 2.24) is 8.97 Å². The van der Waals surface area contributed by atoms with Crippen molar-refractivity contribution in [3.63, 3.8) is 0 Å². The van der Waals surface area contributed by atoms with Crippen LogP contribution in [0, 0.1) is 13.8 Å². The second-order valence-corrected chi connectivity index (χ2v) is 4.14. The zero-order chi connectivity index (χ0) is 10.6. The molecule has 0 aliphatic carbocycles. The lowest BCUT2D eigenvalue weighted by atomic mass is 10.2. The van der Waals surface area contributed by atoms with Gasteiger partial charge in [0.05, 0.1) is 11.0 Å². The molecular weight excluding hydrogens is 184 g/mol. The highest BCUT2D eigenvalue weighted by Gasteiger charge is 2.12. The fourth-order valence-corrected chi connectivity index (χ4v) is 2.34. The fraction of sp³-hybridized carbons (Fsp3) is 0.231. The van der Waals surface area contributed by atoms with E-state index in [1.165, 1.54) is 27.8 Å². The van der Waals surface area contributed by atoms with Gasteiger partial charge in [-0.15, -0.1) is 0 Å². The Kier molecular flexibility index (Phi) is 1.52. The van der Waals surface area contributed by atoms with Crippen molar-refractivity contribution in [3.8, 4) is 0 Å². The molecule has 0 fully saturated rings. The number of fused-ring (bicyclic) bond motifs is 3. The van der Waals surface area contributed by atoms with E-state index in [0.29, 0.717) is 0 Å². The molecule has 0 atom stereocenters. The van der Waals surface area contributed by atoms with Crippen LogP contribution in [-0.2, 0) is 7.05 Å². The highest BCUT2D eigenvalue weighted by atomic mass is 15.0. The van der Waals surface area contributed by atoms with Crippen LogP contribution in [0.5, 0.6) is 0 Å². The predicted octanol–water partition coefficient (Wildman–Crippen LogP) is 3.05. The van der Waals surface area contributed by atoms with Crippen LogP contribution in [0.4, 0.5) is 0 Å². The van der Waals surface area contributed by atoms with Crippen LogP contribution < -0.4 is 0 Å². The van der Waals surface area contributed by atoms with Gasteiger partial charge in [-0.3, -0.25) is 0 Å². The van der Waals surface area contributed by atoms with Crippen LogP contribution in [0.15, 0.2) is 30.5 Å². The van der Waals surface area contributed by atoms with Crippen molar-refractivity contribution in [2.45, 2.75) is 13.8 Å². The maximum atomic E-state index is 2.26. The van der Waals surface area contributed by atoms with E-state index in [2.05, 4.69) is 60.3 Å². The average Bonchev–Trinajstić information content (AvgIpc) is 2.72. The minimum Gasteiger partial charge on any atom is -0.346 e. The number of hydrogen-bond acceptors (Lipinski definition) is 0. The van der Waals surface area contributed by atoms with E-state index in [9.17, 15) is 0 Å². The van der Waals surface area contributed by atoms with Gasteiger partial charge in [-0.1, -0.05) is 6.07 Å². The van der Waals surface area contributed by atoms with Gasteiger partial charge >= 0.3 is 0 Å². The Morgan fingerprint density at radius 1 is 1.13 bits per heavy atom. The Morgan fingerprint density at radius 2 is 1.93 bits per heavy atom. The van der Waals surface area contributed by atoms with Crippen molar-refractivity contribution in [1.29, 1.82) is 0 Å². The molecule has 76 valence electrons. The van der Waals surface area contributed by atoms with E-state index < -0.39 is 0 Å². The summed E-state index contributed by atoms with van der Waals surface area (Å²) in [5.41, 5.74) is 6.64. The SMILES string of the molecule is Cc1c(C)n(C)c2cc3ccccn3c12. The Balaban J connectivity index is 2.65. The van der Waals surface area contributed by atoms with Crippen LogP contribution in [0.3, 0.4) is 0 Å². The summed E-state index contributed by atoms with van der Waals surface area (Å²) in [6.07, 6.45) is 2.13. The van der Waals surface area contributed by atoms with E-state index in [1.54, 1.807) is 0 Å². The number of nitrogens with zero attached hydrogens (tertiary/aromatic N) is 2. The molecule has 0 radical (unpaired) electrons. The summed E-state index contributed by atoms with van der Waals surface area (Å²) < 4.78 is 4.52. The monoisotopic (exact) mass is 198 g/mol. The van der Waals surface area contributed by atoms with Crippen LogP contribution in [-0.4, -0.2) is 8.97 Å². The van der Waals surface area contributed by atoms with Crippen LogP contribution in [0.2, 0.25) is 0 Å². The molecule has 0 unspecified atom stereocenters. The Morgan fingerprint density at radius 3 is 2.73 bits per heavy atom. The smallest absolute Gasteiger partial charge is 0.0741 e. The van der Waals surface area contributed by atoms with Crippen molar-refractivity contribution >= 4 is 16.6 Å². The summed E-state index contributed by atoms with van der Waals surface area (Å²) in [7, 11) is 2.13. The van der Waals surface area contributed by atoms with Gasteiger partial charge in [0.25, 0.3) is 0 Å². The van der Waals surface area contributed by atoms with Gasteiger partial charge < -0.3 is 8.97 Å². The third-order valence-electron chi connectivity index (χ3n) is 3.42.